The summed E-state index contributed by atoms with van der Waals surface area (Å²) in [5.74, 6) is 5.50. The Bertz CT molecular complexity index is 897. The van der Waals surface area contributed by atoms with Crippen molar-refractivity contribution in [2.24, 2.45) is 0 Å². The molecule has 0 aliphatic heterocycles. The van der Waals surface area contributed by atoms with E-state index in [0.717, 1.165) is 11.8 Å². The Kier molecular flexibility index (Phi) is 7.94. The lowest BCUT2D eigenvalue weighted by Gasteiger charge is -2.21. The van der Waals surface area contributed by atoms with Crippen LogP contribution in [0.25, 0.3) is 0 Å². The first-order valence-electron chi connectivity index (χ1n) is 8.86. The lowest BCUT2D eigenvalue weighted by Crippen LogP contribution is -2.35. The molecule has 2 aromatic rings. The minimum absolute atomic E-state index is 0.215. The van der Waals surface area contributed by atoms with Crippen LogP contribution in [-0.4, -0.2) is 53.9 Å². The van der Waals surface area contributed by atoms with Gasteiger partial charge in [0.2, 0.25) is 0 Å². The topological polar surface area (TPSA) is 89.3 Å². The predicted molar refractivity (Wildman–Crippen MR) is 110 cm³/mol. The van der Waals surface area contributed by atoms with Crippen LogP contribution in [0, 0.1) is 17.3 Å². The van der Waals surface area contributed by atoms with E-state index in [4.69, 9.17) is 5.41 Å². The van der Waals surface area contributed by atoms with E-state index in [1.165, 1.54) is 11.1 Å². The normalized spacial score (nSPS) is 11.8. The molecule has 28 heavy (non-hydrogen) atoms. The Labute approximate surface area is 165 Å². The first kappa shape index (κ1) is 20.9. The van der Waals surface area contributed by atoms with Crippen LogP contribution >= 0.6 is 0 Å². The molecule has 1 atom stereocenters. The van der Waals surface area contributed by atoms with E-state index < -0.39 is 6.10 Å². The highest BCUT2D eigenvalue weighted by atomic mass is 16.3. The number of amides is 1. The number of rotatable bonds is 7. The highest BCUT2D eigenvalue weighted by Gasteiger charge is 2.16. The molecule has 1 amide bonds. The van der Waals surface area contributed by atoms with E-state index in [0.29, 0.717) is 23.1 Å². The van der Waals surface area contributed by atoms with Crippen LogP contribution in [0.15, 0.2) is 60.6 Å². The minimum atomic E-state index is -0.658. The molecule has 144 valence electrons. The maximum Gasteiger partial charge on any atom is 0.255 e. The van der Waals surface area contributed by atoms with Gasteiger partial charge in [0.15, 0.2) is 0 Å². The average molecular weight is 376 g/mol. The van der Waals surface area contributed by atoms with E-state index in [1.807, 2.05) is 30.3 Å². The molecule has 6 heteroatoms. The number of likely N-dealkylation sites (N-methyl/N-ethyl adjacent to an activating group) is 1. The van der Waals surface area contributed by atoms with Crippen molar-refractivity contribution in [3.63, 3.8) is 0 Å². The van der Waals surface area contributed by atoms with Crippen molar-refractivity contribution in [2.45, 2.75) is 12.5 Å². The van der Waals surface area contributed by atoms with E-state index in [-0.39, 0.29) is 12.5 Å². The molecule has 6 nitrogen and oxygen atoms in total. The summed E-state index contributed by atoms with van der Waals surface area (Å²) in [5, 5.41) is 20.4. The third-order valence-corrected chi connectivity index (χ3v) is 3.94. The van der Waals surface area contributed by atoms with Crippen molar-refractivity contribution in [1.82, 2.24) is 15.2 Å². The number of allylic oxidation sites excluding steroid dienone is 1. The standard InChI is InChI=1S/C22H24N4O2/c1-24-13-19(12-23)9-8-18-10-20(15-25-14-18)22(28)26(2)16-21(27)11-17-6-4-3-5-7-17/h3-7,10,12-15,21,23-24,27H,11,16H2,1-2H3/b19-13-,23-12?. The zero-order valence-electron chi connectivity index (χ0n) is 16.0. The molecular weight excluding hydrogens is 352 g/mol. The first-order valence-corrected chi connectivity index (χ1v) is 8.86. The number of benzene rings is 1. The lowest BCUT2D eigenvalue weighted by molar-refractivity contribution is 0.0681. The molecule has 1 aromatic heterocycles. The summed E-state index contributed by atoms with van der Waals surface area (Å²) in [6.07, 6.45) is 5.63. The summed E-state index contributed by atoms with van der Waals surface area (Å²) < 4.78 is 0. The quantitative estimate of drug-likeness (QED) is 0.508. The van der Waals surface area contributed by atoms with Crippen LogP contribution in [0.4, 0.5) is 0 Å². The largest absolute Gasteiger partial charge is 0.393 e. The smallest absolute Gasteiger partial charge is 0.255 e. The monoisotopic (exact) mass is 376 g/mol. The summed E-state index contributed by atoms with van der Waals surface area (Å²) in [4.78, 5) is 18.2. The van der Waals surface area contributed by atoms with Crippen LogP contribution in [0.3, 0.4) is 0 Å². The second kappa shape index (κ2) is 10.7. The van der Waals surface area contributed by atoms with Gasteiger partial charge in [0.1, 0.15) is 0 Å². The lowest BCUT2D eigenvalue weighted by atomic mass is 10.1. The van der Waals surface area contributed by atoms with Gasteiger partial charge in [-0.2, -0.15) is 0 Å². The van der Waals surface area contributed by atoms with Gasteiger partial charge in [0.05, 0.1) is 17.2 Å². The number of nitrogens with one attached hydrogen (secondary N) is 2. The average Bonchev–Trinajstić information content (AvgIpc) is 2.71. The van der Waals surface area contributed by atoms with E-state index in [9.17, 15) is 9.90 Å². The third-order valence-electron chi connectivity index (χ3n) is 3.94. The highest BCUT2D eigenvalue weighted by molar-refractivity contribution is 5.94. The second-order valence-corrected chi connectivity index (χ2v) is 6.27. The molecule has 0 saturated heterocycles. The Morgan fingerprint density at radius 2 is 2.11 bits per heavy atom. The van der Waals surface area contributed by atoms with Gasteiger partial charge in [-0.1, -0.05) is 42.2 Å². The number of aliphatic hydroxyl groups is 1. The molecule has 0 bridgehead atoms. The number of carbonyl (C=O) groups excluding carboxylic acids is 1. The molecule has 0 fully saturated rings. The van der Waals surface area contributed by atoms with Crippen LogP contribution < -0.4 is 5.32 Å². The van der Waals surface area contributed by atoms with Gasteiger partial charge in [0.25, 0.3) is 5.91 Å². The zero-order chi connectivity index (χ0) is 20.4. The maximum atomic E-state index is 12.7. The van der Waals surface area contributed by atoms with Crippen molar-refractivity contribution >= 4 is 12.1 Å². The van der Waals surface area contributed by atoms with Gasteiger partial charge in [-0.05, 0) is 11.6 Å². The molecular formula is C22H24N4O2. The molecule has 1 unspecified atom stereocenters. The fraction of sp³-hybridized carbons (Fsp3) is 0.227. The Morgan fingerprint density at radius 3 is 2.79 bits per heavy atom. The number of hydrogen-bond donors (Lipinski definition) is 3. The van der Waals surface area contributed by atoms with Gasteiger partial charge < -0.3 is 20.7 Å². The third kappa shape index (κ3) is 6.38. The van der Waals surface area contributed by atoms with Crippen LogP contribution in [0.5, 0.6) is 0 Å². The van der Waals surface area contributed by atoms with Gasteiger partial charge in [0, 0.05) is 57.4 Å². The summed E-state index contributed by atoms with van der Waals surface area (Å²) in [5.41, 5.74) is 2.51. The molecule has 1 aromatic carbocycles. The van der Waals surface area contributed by atoms with Crippen LogP contribution in [0.2, 0.25) is 0 Å². The highest BCUT2D eigenvalue weighted by Crippen LogP contribution is 2.08. The summed E-state index contributed by atoms with van der Waals surface area (Å²) in [6, 6.07) is 11.3. The molecule has 0 aliphatic carbocycles. The Morgan fingerprint density at radius 1 is 1.36 bits per heavy atom. The summed E-state index contributed by atoms with van der Waals surface area (Å²) >= 11 is 0. The van der Waals surface area contributed by atoms with Gasteiger partial charge in [-0.3, -0.25) is 9.78 Å². The van der Waals surface area contributed by atoms with Crippen molar-refractivity contribution in [3.05, 3.63) is 77.3 Å². The van der Waals surface area contributed by atoms with E-state index >= 15 is 0 Å². The van der Waals surface area contributed by atoms with Crippen molar-refractivity contribution < 1.29 is 9.90 Å². The molecule has 1 heterocycles. The van der Waals surface area contributed by atoms with Crippen LogP contribution in [0.1, 0.15) is 21.5 Å². The molecule has 2 rings (SSSR count). The number of nitrogens with zero attached hydrogens (tertiary/aromatic N) is 2. The fourth-order valence-corrected chi connectivity index (χ4v) is 2.61. The van der Waals surface area contributed by atoms with Crippen LogP contribution in [-0.2, 0) is 6.42 Å². The van der Waals surface area contributed by atoms with E-state index in [1.54, 1.807) is 32.6 Å². The van der Waals surface area contributed by atoms with Crippen molar-refractivity contribution in [1.29, 1.82) is 5.41 Å². The molecule has 0 radical (unpaired) electrons. The number of hydrogen-bond acceptors (Lipinski definition) is 5. The Balaban J connectivity index is 2.04. The van der Waals surface area contributed by atoms with Crippen molar-refractivity contribution in [2.75, 3.05) is 20.6 Å². The predicted octanol–water partition coefficient (Wildman–Crippen LogP) is 1.86. The van der Waals surface area contributed by atoms with E-state index in [2.05, 4.69) is 22.1 Å². The van der Waals surface area contributed by atoms with Gasteiger partial charge in [-0.25, -0.2) is 0 Å². The summed E-state index contributed by atoms with van der Waals surface area (Å²) in [6.45, 7) is 0.215. The number of aliphatic hydroxyl groups excluding tert-OH is 1. The molecule has 3 N–H and O–H groups in total. The summed E-state index contributed by atoms with van der Waals surface area (Å²) in [7, 11) is 3.38. The SMILES string of the molecule is CN/C=C(/C#Cc1cncc(C(=O)N(C)CC(O)Cc2ccccc2)c1)C=N. The van der Waals surface area contributed by atoms with Gasteiger partial charge >= 0.3 is 0 Å². The minimum Gasteiger partial charge on any atom is -0.393 e. The molecule has 0 spiro atoms. The number of carbonyl (C=O) groups is 1. The Hall–Kier alpha value is -3.43. The second-order valence-electron chi connectivity index (χ2n) is 6.27. The fourth-order valence-electron chi connectivity index (χ4n) is 2.61. The maximum absolute atomic E-state index is 12.7. The molecule has 0 aliphatic rings. The zero-order valence-corrected chi connectivity index (χ0v) is 16.0. The van der Waals surface area contributed by atoms with Gasteiger partial charge in [-0.15, -0.1) is 0 Å². The number of aromatic nitrogens is 1. The first-order chi connectivity index (χ1) is 13.5. The molecule has 0 saturated carbocycles. The van der Waals surface area contributed by atoms with Crippen molar-refractivity contribution in [3.8, 4) is 11.8 Å². The number of pyridine rings is 1.